The number of Topliss-reactive ketones (excluding diaryl/α,β-unsaturated/α-hetero) is 2. The Balaban J connectivity index is 0. The number of rotatable bonds is 11. The molecular weight excluding hydrogens is 488 g/mol. The maximum Gasteiger partial charge on any atom is 0.165 e. The highest BCUT2D eigenvalue weighted by Gasteiger charge is 2.26. The normalized spacial score (nSPS) is 17.2. The van der Waals surface area contributed by atoms with Crippen LogP contribution in [0.1, 0.15) is 149 Å². The van der Waals surface area contributed by atoms with Crippen LogP contribution in [0.5, 0.6) is 0 Å². The van der Waals surface area contributed by atoms with Gasteiger partial charge in [-0.3, -0.25) is 9.59 Å². The summed E-state index contributed by atoms with van der Waals surface area (Å²) in [5.74, 6) is 1.78. The third kappa shape index (κ3) is 20.7. The Kier molecular flexibility index (Phi) is 26.9. The summed E-state index contributed by atoms with van der Waals surface area (Å²) in [6.45, 7) is 20.9. The van der Waals surface area contributed by atoms with E-state index >= 15 is 0 Å². The van der Waals surface area contributed by atoms with Crippen LogP contribution >= 0.6 is 0 Å². The van der Waals surface area contributed by atoms with E-state index in [0.717, 1.165) is 43.6 Å². The third-order valence-electron chi connectivity index (χ3n) is 7.25. The summed E-state index contributed by atoms with van der Waals surface area (Å²) < 4.78 is 0. The highest BCUT2D eigenvalue weighted by molar-refractivity contribution is 5.97. The molecule has 2 unspecified atom stereocenters. The smallest absolute Gasteiger partial charge is 0.165 e. The summed E-state index contributed by atoms with van der Waals surface area (Å²) in [6.07, 6.45) is 22.9. The maximum atomic E-state index is 12.5. The van der Waals surface area contributed by atoms with E-state index in [1.54, 1.807) is 6.92 Å². The van der Waals surface area contributed by atoms with E-state index in [1.807, 2.05) is 64.1 Å². The van der Waals surface area contributed by atoms with Crippen molar-refractivity contribution in [1.82, 2.24) is 0 Å². The van der Waals surface area contributed by atoms with E-state index in [2.05, 4.69) is 52.8 Å². The van der Waals surface area contributed by atoms with E-state index in [1.165, 1.54) is 49.7 Å². The SMILES string of the molecule is C/C=C/C=C\C=C(/C)CCC.CC.CC(=O)C1CCCC(C(=O)c2ccc(C)cc2)CC1.CCCC(C)CCC. The number of hydrogen-bond acceptors (Lipinski definition) is 2. The first kappa shape index (κ1) is 39.9. The van der Waals surface area contributed by atoms with Crippen LogP contribution in [0.3, 0.4) is 0 Å². The Morgan fingerprint density at radius 3 is 1.88 bits per heavy atom. The fourth-order valence-electron chi connectivity index (χ4n) is 4.93. The lowest BCUT2D eigenvalue weighted by Gasteiger charge is -2.13. The molecule has 0 aromatic heterocycles. The number of carbonyl (C=O) groups excluding carboxylic acids is 2. The molecule has 1 aliphatic carbocycles. The number of carbonyl (C=O) groups is 2. The van der Waals surface area contributed by atoms with Crippen molar-refractivity contribution in [2.75, 3.05) is 0 Å². The standard InChI is InChI=1S/C17H22O2.C11H18.C8H18.C2H6/c1-12-6-8-16(9-7-12)17(19)15-5-3-4-14(10-11-15)13(2)18;1-4-6-7-8-10-11(3)9-5-2;1-4-6-8(3)7-5-2;1-2/h6-9,14-15H,3-5,10-11H2,1-2H3;4,6-8,10H,5,9H2,1-3H3;8H,4-7H2,1-3H3;1-2H3/b;6-4+,8-7-,11-10+;;. The Morgan fingerprint density at radius 1 is 0.825 bits per heavy atom. The summed E-state index contributed by atoms with van der Waals surface area (Å²) in [6, 6.07) is 7.82. The van der Waals surface area contributed by atoms with Crippen LogP contribution in [-0.4, -0.2) is 11.6 Å². The zero-order chi connectivity index (χ0) is 30.8. The summed E-state index contributed by atoms with van der Waals surface area (Å²) >= 11 is 0. The molecule has 0 saturated heterocycles. The minimum Gasteiger partial charge on any atom is -0.300 e. The van der Waals surface area contributed by atoms with Gasteiger partial charge in [0.05, 0.1) is 0 Å². The van der Waals surface area contributed by atoms with Gasteiger partial charge in [0.15, 0.2) is 5.78 Å². The first-order chi connectivity index (χ1) is 19.2. The number of benzene rings is 1. The molecular formula is C38H64O2. The summed E-state index contributed by atoms with van der Waals surface area (Å²) in [5, 5.41) is 0. The molecule has 1 aromatic carbocycles. The minimum atomic E-state index is 0.104. The lowest BCUT2D eigenvalue weighted by atomic mass is 9.90. The number of ketones is 2. The highest BCUT2D eigenvalue weighted by atomic mass is 16.1. The largest absolute Gasteiger partial charge is 0.300 e. The van der Waals surface area contributed by atoms with Crippen molar-refractivity contribution in [2.45, 2.75) is 140 Å². The second-order valence-corrected chi connectivity index (χ2v) is 11.1. The molecule has 2 heteroatoms. The Bertz CT molecular complexity index is 835. The number of hydrogen-bond donors (Lipinski definition) is 0. The molecule has 1 fully saturated rings. The lowest BCUT2D eigenvalue weighted by Crippen LogP contribution is -2.15. The topological polar surface area (TPSA) is 34.1 Å². The molecule has 0 aliphatic heterocycles. The summed E-state index contributed by atoms with van der Waals surface area (Å²) in [5.41, 5.74) is 3.44. The van der Waals surface area contributed by atoms with Crippen molar-refractivity contribution in [3.63, 3.8) is 0 Å². The quantitative estimate of drug-likeness (QED) is 0.155. The van der Waals surface area contributed by atoms with Gasteiger partial charge in [-0.2, -0.15) is 0 Å². The van der Waals surface area contributed by atoms with E-state index in [0.29, 0.717) is 0 Å². The van der Waals surface area contributed by atoms with Crippen molar-refractivity contribution >= 4 is 11.6 Å². The molecule has 2 nitrogen and oxygen atoms in total. The third-order valence-corrected chi connectivity index (χ3v) is 7.25. The molecule has 0 spiro atoms. The van der Waals surface area contributed by atoms with Crippen molar-refractivity contribution < 1.29 is 9.59 Å². The molecule has 1 aromatic rings. The van der Waals surface area contributed by atoms with Gasteiger partial charge in [0.1, 0.15) is 5.78 Å². The van der Waals surface area contributed by atoms with Crippen LogP contribution in [0, 0.1) is 24.7 Å². The minimum absolute atomic E-state index is 0.104. The van der Waals surface area contributed by atoms with Gasteiger partial charge in [-0.05, 0) is 65.7 Å². The van der Waals surface area contributed by atoms with Crippen molar-refractivity contribution in [2.24, 2.45) is 17.8 Å². The zero-order valence-electron chi connectivity index (χ0n) is 28.0. The number of aryl methyl sites for hydroxylation is 1. The summed E-state index contributed by atoms with van der Waals surface area (Å²) in [7, 11) is 0. The molecule has 0 bridgehead atoms. The maximum absolute atomic E-state index is 12.5. The van der Waals surface area contributed by atoms with Gasteiger partial charge in [0.2, 0.25) is 0 Å². The fourth-order valence-corrected chi connectivity index (χ4v) is 4.93. The monoisotopic (exact) mass is 552 g/mol. The van der Waals surface area contributed by atoms with Crippen LogP contribution in [-0.2, 0) is 4.79 Å². The first-order valence-electron chi connectivity index (χ1n) is 16.3. The van der Waals surface area contributed by atoms with Gasteiger partial charge >= 0.3 is 0 Å². The van der Waals surface area contributed by atoms with E-state index in [-0.39, 0.29) is 23.4 Å². The molecule has 0 N–H and O–H groups in total. The Morgan fingerprint density at radius 2 is 1.38 bits per heavy atom. The second-order valence-electron chi connectivity index (χ2n) is 11.1. The molecule has 0 heterocycles. The number of allylic oxidation sites excluding steroid dienone is 6. The Hall–Kier alpha value is -2.22. The first-order valence-corrected chi connectivity index (χ1v) is 16.3. The van der Waals surface area contributed by atoms with Crippen molar-refractivity contribution in [3.05, 3.63) is 71.3 Å². The fraction of sp³-hybridized carbons (Fsp3) is 0.632. The molecule has 2 rings (SSSR count). The van der Waals surface area contributed by atoms with Crippen LogP contribution in [0.2, 0.25) is 0 Å². The predicted octanol–water partition coefficient (Wildman–Crippen LogP) is 12.1. The van der Waals surface area contributed by atoms with Crippen LogP contribution in [0.15, 0.2) is 60.2 Å². The van der Waals surface area contributed by atoms with Crippen molar-refractivity contribution in [1.29, 1.82) is 0 Å². The molecule has 0 amide bonds. The molecule has 40 heavy (non-hydrogen) atoms. The van der Waals surface area contributed by atoms with Crippen molar-refractivity contribution in [3.8, 4) is 0 Å². The van der Waals surface area contributed by atoms with Gasteiger partial charge in [-0.1, -0.05) is 146 Å². The van der Waals surface area contributed by atoms with Crippen LogP contribution in [0.4, 0.5) is 0 Å². The molecule has 0 radical (unpaired) electrons. The molecule has 2 atom stereocenters. The van der Waals surface area contributed by atoms with Crippen LogP contribution < -0.4 is 0 Å². The van der Waals surface area contributed by atoms with Crippen LogP contribution in [0.25, 0.3) is 0 Å². The lowest BCUT2D eigenvalue weighted by molar-refractivity contribution is -0.121. The Labute approximate surface area is 249 Å². The van der Waals surface area contributed by atoms with Gasteiger partial charge in [-0.25, -0.2) is 0 Å². The van der Waals surface area contributed by atoms with E-state index in [4.69, 9.17) is 0 Å². The van der Waals surface area contributed by atoms with E-state index < -0.39 is 0 Å². The molecule has 1 aliphatic rings. The van der Waals surface area contributed by atoms with Gasteiger partial charge < -0.3 is 0 Å². The average Bonchev–Trinajstić information content (AvgIpc) is 3.20. The highest BCUT2D eigenvalue weighted by Crippen LogP contribution is 2.30. The molecule has 1 saturated carbocycles. The molecule has 228 valence electrons. The second kappa shape index (κ2) is 27.0. The predicted molar refractivity (Wildman–Crippen MR) is 179 cm³/mol. The zero-order valence-corrected chi connectivity index (χ0v) is 28.0. The van der Waals surface area contributed by atoms with Gasteiger partial charge in [0, 0.05) is 17.4 Å². The average molecular weight is 553 g/mol. The summed E-state index contributed by atoms with van der Waals surface area (Å²) in [4.78, 5) is 23.9. The van der Waals surface area contributed by atoms with E-state index in [9.17, 15) is 9.59 Å². The van der Waals surface area contributed by atoms with Gasteiger partial charge in [-0.15, -0.1) is 0 Å². The van der Waals surface area contributed by atoms with Gasteiger partial charge in [0.25, 0.3) is 0 Å².